The normalized spacial score (nSPS) is 25.3. The highest BCUT2D eigenvalue weighted by Crippen LogP contribution is 2.38. The number of fused-ring (bicyclic) bond motifs is 1. The zero-order valence-corrected chi connectivity index (χ0v) is 26.3. The van der Waals surface area contributed by atoms with Gasteiger partial charge in [0, 0.05) is 43.7 Å². The highest BCUT2D eigenvalue weighted by atomic mass is 32.2. The van der Waals surface area contributed by atoms with Gasteiger partial charge in [-0.3, -0.25) is 13.9 Å². The lowest BCUT2D eigenvalue weighted by Gasteiger charge is -2.35. The van der Waals surface area contributed by atoms with Gasteiger partial charge in [0.15, 0.2) is 0 Å². The van der Waals surface area contributed by atoms with Crippen LogP contribution >= 0.6 is 0 Å². The summed E-state index contributed by atoms with van der Waals surface area (Å²) < 4.78 is 32.6. The van der Waals surface area contributed by atoms with Crippen molar-refractivity contribution in [2.75, 3.05) is 13.6 Å². The van der Waals surface area contributed by atoms with Crippen molar-refractivity contribution < 1.29 is 8.42 Å². The minimum atomic E-state index is -3.79. The van der Waals surface area contributed by atoms with Crippen molar-refractivity contribution in [3.8, 4) is 0 Å². The highest BCUT2D eigenvalue weighted by Gasteiger charge is 2.45. The molecule has 0 bridgehead atoms. The Hall–Kier alpha value is -2.01. The molecule has 0 radical (unpaired) electrons. The third-order valence-corrected chi connectivity index (χ3v) is 12.3. The number of nitrogens with one attached hydrogen (secondary N) is 2. The summed E-state index contributed by atoms with van der Waals surface area (Å²) in [6.07, 6.45) is 16.6. The quantitative estimate of drug-likeness (QED) is 0.485. The molecule has 1 spiro atoms. The Bertz CT molecular complexity index is 1510. The van der Waals surface area contributed by atoms with Crippen LogP contribution in [-0.4, -0.2) is 47.2 Å². The number of sulfonamides is 1. The molecule has 10 heteroatoms. The summed E-state index contributed by atoms with van der Waals surface area (Å²) in [5.74, 6) is 0.487. The molecular weight excluding hydrogens is 550 g/mol. The maximum Gasteiger partial charge on any atom is 0.331 e. The zero-order chi connectivity index (χ0) is 29.5. The van der Waals surface area contributed by atoms with Crippen molar-refractivity contribution in [3.63, 3.8) is 0 Å². The fraction of sp³-hybridized carbons (Fsp3) is 0.750. The van der Waals surface area contributed by atoms with Gasteiger partial charge in [-0.05, 0) is 69.6 Å². The van der Waals surface area contributed by atoms with E-state index in [1.165, 1.54) is 42.7 Å². The molecule has 9 nitrogen and oxygen atoms in total. The fourth-order valence-corrected chi connectivity index (χ4v) is 9.41. The van der Waals surface area contributed by atoms with Crippen LogP contribution in [0.2, 0.25) is 0 Å². The van der Waals surface area contributed by atoms with Crippen molar-refractivity contribution in [1.29, 1.82) is 0 Å². The van der Waals surface area contributed by atoms with Crippen molar-refractivity contribution in [2.24, 2.45) is 11.8 Å². The van der Waals surface area contributed by atoms with Crippen LogP contribution in [-0.2, 0) is 23.1 Å². The second kappa shape index (κ2) is 11.8. The Morgan fingerprint density at radius 1 is 0.881 bits per heavy atom. The van der Waals surface area contributed by atoms with Crippen molar-refractivity contribution >= 4 is 20.9 Å². The molecule has 4 aliphatic rings. The van der Waals surface area contributed by atoms with Gasteiger partial charge in [0.25, 0.3) is 5.56 Å². The smallest absolute Gasteiger partial charge is 0.293 e. The van der Waals surface area contributed by atoms with Gasteiger partial charge in [-0.25, -0.2) is 28.4 Å². The van der Waals surface area contributed by atoms with Crippen molar-refractivity contribution in [1.82, 2.24) is 24.3 Å². The van der Waals surface area contributed by atoms with Gasteiger partial charge < -0.3 is 0 Å². The van der Waals surface area contributed by atoms with Crippen LogP contribution in [0.5, 0.6) is 0 Å². The van der Waals surface area contributed by atoms with Gasteiger partial charge in [0.05, 0.1) is 15.8 Å². The first-order valence-corrected chi connectivity index (χ1v) is 17.9. The van der Waals surface area contributed by atoms with Crippen LogP contribution in [0.3, 0.4) is 0 Å². The lowest BCUT2D eigenvalue weighted by molar-refractivity contribution is 0.176. The van der Waals surface area contributed by atoms with Crippen LogP contribution in [0, 0.1) is 11.8 Å². The molecule has 0 amide bonds. The van der Waals surface area contributed by atoms with Gasteiger partial charge >= 0.3 is 5.69 Å². The standard InChI is InChI=1S/C32H49N5O4S/c1-31(18-19-31)34-42(40,41)26-14-15-28-27(20-26)29(38)37(30(39)36(28)21-24-12-8-7-9-13-24)23-25-22-35(2)33-32(25)16-10-5-3-4-6-11-17-32/h14-15,20,24-25,33-34H,3-13,16-19,21-23H2,1-2H3. The van der Waals surface area contributed by atoms with Crippen molar-refractivity contribution in [2.45, 2.75) is 132 Å². The highest BCUT2D eigenvalue weighted by molar-refractivity contribution is 7.89. The molecule has 1 saturated heterocycles. The topological polar surface area (TPSA) is 105 Å². The molecule has 2 aromatic rings. The number of benzene rings is 1. The molecule has 4 fully saturated rings. The van der Waals surface area contributed by atoms with E-state index in [-0.39, 0.29) is 27.6 Å². The molecule has 1 unspecified atom stereocenters. The third kappa shape index (κ3) is 6.14. The number of hydrogen-bond donors (Lipinski definition) is 2. The van der Waals surface area contributed by atoms with Crippen LogP contribution in [0.25, 0.3) is 10.9 Å². The Labute approximate surface area is 250 Å². The second-order valence-corrected chi connectivity index (χ2v) is 15.8. The van der Waals surface area contributed by atoms with E-state index in [9.17, 15) is 18.0 Å². The van der Waals surface area contributed by atoms with Gasteiger partial charge in [-0.15, -0.1) is 0 Å². The molecular formula is C32H49N5O4S. The molecule has 1 aromatic heterocycles. The van der Waals surface area contributed by atoms with E-state index < -0.39 is 15.6 Å². The van der Waals surface area contributed by atoms with Gasteiger partial charge in [-0.1, -0.05) is 57.8 Å². The summed E-state index contributed by atoms with van der Waals surface area (Å²) in [7, 11) is -1.73. The summed E-state index contributed by atoms with van der Waals surface area (Å²) in [6, 6.07) is 4.74. The molecule has 3 saturated carbocycles. The Morgan fingerprint density at radius 2 is 1.52 bits per heavy atom. The summed E-state index contributed by atoms with van der Waals surface area (Å²) in [5.41, 5.74) is 3.12. The number of nitrogens with zero attached hydrogens (tertiary/aromatic N) is 3. The molecule has 2 heterocycles. The third-order valence-electron chi connectivity index (χ3n) is 10.6. The van der Waals surface area contributed by atoms with E-state index in [2.05, 4.69) is 22.2 Å². The Kier molecular flexibility index (Phi) is 8.45. The molecule has 2 N–H and O–H groups in total. The zero-order valence-electron chi connectivity index (χ0n) is 25.5. The average molecular weight is 600 g/mol. The van der Waals surface area contributed by atoms with E-state index >= 15 is 0 Å². The van der Waals surface area contributed by atoms with Gasteiger partial charge in [0.2, 0.25) is 10.0 Å². The van der Waals surface area contributed by atoms with Gasteiger partial charge in [-0.2, -0.15) is 0 Å². The van der Waals surface area contributed by atoms with E-state index in [1.54, 1.807) is 16.7 Å². The summed E-state index contributed by atoms with van der Waals surface area (Å²) >= 11 is 0. The predicted molar refractivity (Wildman–Crippen MR) is 166 cm³/mol. The minimum absolute atomic E-state index is 0.0876. The van der Waals surface area contributed by atoms with Crippen molar-refractivity contribution in [3.05, 3.63) is 39.0 Å². The Morgan fingerprint density at radius 3 is 2.19 bits per heavy atom. The minimum Gasteiger partial charge on any atom is -0.293 e. The molecule has 6 rings (SSSR count). The van der Waals surface area contributed by atoms with E-state index in [1.807, 2.05) is 6.92 Å². The van der Waals surface area contributed by atoms with Crippen LogP contribution in [0.4, 0.5) is 0 Å². The summed E-state index contributed by atoms with van der Waals surface area (Å²) in [4.78, 5) is 28.5. The molecule has 1 atom stereocenters. The lowest BCUT2D eigenvalue weighted by atomic mass is 9.78. The van der Waals surface area contributed by atoms with Crippen LogP contribution < -0.4 is 21.4 Å². The maximum absolute atomic E-state index is 14.2. The molecule has 1 aromatic carbocycles. The monoisotopic (exact) mass is 599 g/mol. The van der Waals surface area contributed by atoms with E-state index in [4.69, 9.17) is 0 Å². The van der Waals surface area contributed by atoms with Crippen LogP contribution in [0.1, 0.15) is 103 Å². The first-order valence-electron chi connectivity index (χ1n) is 16.4. The second-order valence-electron chi connectivity index (χ2n) is 14.1. The lowest BCUT2D eigenvalue weighted by Crippen LogP contribution is -2.51. The largest absolute Gasteiger partial charge is 0.331 e. The molecule has 232 valence electrons. The number of hydrogen-bond acceptors (Lipinski definition) is 6. The molecule has 3 aliphatic carbocycles. The molecule has 1 aliphatic heterocycles. The van der Waals surface area contributed by atoms with Crippen LogP contribution in [0.15, 0.2) is 32.7 Å². The average Bonchev–Trinajstić information content (AvgIpc) is 3.56. The number of aromatic nitrogens is 2. The van der Waals surface area contributed by atoms with E-state index in [0.29, 0.717) is 29.9 Å². The predicted octanol–water partition coefficient (Wildman–Crippen LogP) is 4.51. The fourth-order valence-electron chi connectivity index (χ4n) is 7.92. The first-order chi connectivity index (χ1) is 20.1. The van der Waals surface area contributed by atoms with E-state index in [0.717, 1.165) is 70.8 Å². The maximum atomic E-state index is 14.2. The first kappa shape index (κ1) is 30.0. The SMILES string of the molecule is CN1CC(Cn2c(=O)c3cc(S(=O)(=O)NC4(C)CC4)ccc3n(CC3CCCCC3)c2=O)C2(CCCCCCCC2)N1. The summed E-state index contributed by atoms with van der Waals surface area (Å²) in [5, 5.41) is 2.46. The summed E-state index contributed by atoms with van der Waals surface area (Å²) in [6.45, 7) is 3.57. The Balaban J connectivity index is 1.43. The number of hydrazine groups is 1. The molecule has 42 heavy (non-hydrogen) atoms. The number of rotatable bonds is 7. The van der Waals surface area contributed by atoms with Gasteiger partial charge in [0.1, 0.15) is 0 Å².